The van der Waals surface area contributed by atoms with Gasteiger partial charge in [0.15, 0.2) is 0 Å². The molecule has 0 aliphatic heterocycles. The minimum absolute atomic E-state index is 0.228. The summed E-state index contributed by atoms with van der Waals surface area (Å²) in [5.74, 6) is -1.03. The second kappa shape index (κ2) is 2.03. The van der Waals surface area contributed by atoms with E-state index in [1.165, 1.54) is 0 Å². The van der Waals surface area contributed by atoms with Gasteiger partial charge in [0.05, 0.1) is 10.8 Å². The van der Waals surface area contributed by atoms with Crippen molar-refractivity contribution in [2.24, 2.45) is 5.92 Å². The Bertz CT molecular complexity index is 148. The smallest absolute Gasteiger partial charge is 0.308 e. The molecular formula is C5H6Cl2O2. The molecule has 1 N–H and O–H groups in total. The molecule has 2 nitrogen and oxygen atoms in total. The summed E-state index contributed by atoms with van der Waals surface area (Å²) in [6, 6.07) is 0. The molecule has 52 valence electrons. The van der Waals surface area contributed by atoms with Crippen molar-refractivity contribution in [1.29, 1.82) is 0 Å². The second-order valence-electron chi connectivity index (χ2n) is 2.26. The van der Waals surface area contributed by atoms with Crippen LogP contribution in [0.4, 0.5) is 0 Å². The number of hydrogen-bond acceptors (Lipinski definition) is 1. The third kappa shape index (κ3) is 1.14. The molecular weight excluding hydrogens is 163 g/mol. The van der Waals surface area contributed by atoms with Gasteiger partial charge >= 0.3 is 5.97 Å². The Kier molecular flexibility index (Phi) is 1.61. The lowest BCUT2D eigenvalue weighted by molar-refractivity contribution is -0.138. The highest BCUT2D eigenvalue weighted by atomic mass is 35.5. The molecule has 0 aromatic rings. The van der Waals surface area contributed by atoms with Crippen molar-refractivity contribution in [3.63, 3.8) is 0 Å². The fourth-order valence-corrected chi connectivity index (χ4v) is 1.28. The molecule has 1 fully saturated rings. The van der Waals surface area contributed by atoms with Gasteiger partial charge < -0.3 is 5.11 Å². The molecule has 0 radical (unpaired) electrons. The first kappa shape index (κ1) is 7.16. The largest absolute Gasteiger partial charge is 0.481 e. The minimum atomic E-state index is -0.842. The molecule has 0 bridgehead atoms. The maximum Gasteiger partial charge on any atom is 0.308 e. The fraction of sp³-hybridized carbons (Fsp3) is 0.800. The van der Waals surface area contributed by atoms with Gasteiger partial charge in [0, 0.05) is 5.88 Å². The summed E-state index contributed by atoms with van der Waals surface area (Å²) in [5.41, 5.74) is 0. The van der Waals surface area contributed by atoms with Crippen LogP contribution >= 0.6 is 23.2 Å². The third-order valence-electron chi connectivity index (χ3n) is 1.53. The lowest BCUT2D eigenvalue weighted by Gasteiger charge is -1.97. The second-order valence-corrected chi connectivity index (χ2v) is 3.28. The Morgan fingerprint density at radius 2 is 2.44 bits per heavy atom. The Morgan fingerprint density at radius 3 is 2.56 bits per heavy atom. The summed E-state index contributed by atoms with van der Waals surface area (Å²) in [4.78, 5) is 9.56. The number of aliphatic carboxylic acids is 1. The SMILES string of the molecule is O=C(O)C1CC1(Cl)CCl. The van der Waals surface area contributed by atoms with Crippen LogP contribution in [0.25, 0.3) is 0 Å². The number of alkyl halides is 2. The van der Waals surface area contributed by atoms with E-state index in [1.807, 2.05) is 0 Å². The number of rotatable bonds is 2. The zero-order valence-corrected chi connectivity index (χ0v) is 6.11. The van der Waals surface area contributed by atoms with Crippen LogP contribution in [0, 0.1) is 5.92 Å². The molecule has 0 aromatic carbocycles. The summed E-state index contributed by atoms with van der Waals surface area (Å²) < 4.78 is 0. The zero-order chi connectivity index (χ0) is 7.07. The van der Waals surface area contributed by atoms with Crippen LogP contribution in [0.3, 0.4) is 0 Å². The van der Waals surface area contributed by atoms with Gasteiger partial charge in [0.1, 0.15) is 0 Å². The average molecular weight is 169 g/mol. The van der Waals surface area contributed by atoms with Gasteiger partial charge in [-0.2, -0.15) is 0 Å². The molecule has 1 saturated carbocycles. The lowest BCUT2D eigenvalue weighted by atomic mass is 10.3. The third-order valence-corrected chi connectivity index (χ3v) is 2.69. The van der Waals surface area contributed by atoms with Crippen LogP contribution in [-0.4, -0.2) is 21.8 Å². The van der Waals surface area contributed by atoms with E-state index in [1.54, 1.807) is 0 Å². The quantitative estimate of drug-likeness (QED) is 0.632. The van der Waals surface area contributed by atoms with Crippen LogP contribution in [0.5, 0.6) is 0 Å². The Morgan fingerprint density at radius 1 is 1.89 bits per heavy atom. The van der Waals surface area contributed by atoms with Gasteiger partial charge in [0.25, 0.3) is 0 Å². The van der Waals surface area contributed by atoms with Crippen molar-refractivity contribution in [2.75, 3.05) is 5.88 Å². The van der Waals surface area contributed by atoms with Gasteiger partial charge in [-0.3, -0.25) is 4.79 Å². The first-order chi connectivity index (χ1) is 4.10. The first-order valence-corrected chi connectivity index (χ1v) is 3.49. The molecule has 0 aromatic heterocycles. The monoisotopic (exact) mass is 168 g/mol. The van der Waals surface area contributed by atoms with Crippen LogP contribution < -0.4 is 0 Å². The molecule has 1 aliphatic carbocycles. The van der Waals surface area contributed by atoms with E-state index in [4.69, 9.17) is 28.3 Å². The highest BCUT2D eigenvalue weighted by molar-refractivity contribution is 6.34. The minimum Gasteiger partial charge on any atom is -0.481 e. The number of hydrogen-bond donors (Lipinski definition) is 1. The highest BCUT2D eigenvalue weighted by Gasteiger charge is 2.57. The number of carboxylic acids is 1. The van der Waals surface area contributed by atoms with Crippen molar-refractivity contribution >= 4 is 29.2 Å². The molecule has 0 heterocycles. The average Bonchev–Trinajstić information content (AvgIpc) is 2.44. The van der Waals surface area contributed by atoms with Crippen LogP contribution in [0.1, 0.15) is 6.42 Å². The van der Waals surface area contributed by atoms with E-state index in [-0.39, 0.29) is 5.88 Å². The van der Waals surface area contributed by atoms with Gasteiger partial charge in [0.2, 0.25) is 0 Å². The summed E-state index contributed by atoms with van der Waals surface area (Å²) in [6.45, 7) is 0. The van der Waals surface area contributed by atoms with Gasteiger partial charge in [-0.1, -0.05) is 0 Å². The van der Waals surface area contributed by atoms with Gasteiger partial charge in [-0.15, -0.1) is 23.2 Å². The van der Waals surface area contributed by atoms with E-state index in [0.717, 1.165) is 0 Å². The molecule has 1 rings (SSSR count). The van der Waals surface area contributed by atoms with Crippen molar-refractivity contribution in [2.45, 2.75) is 11.3 Å². The van der Waals surface area contributed by atoms with Crippen LogP contribution in [-0.2, 0) is 4.79 Å². The van der Waals surface area contributed by atoms with Crippen molar-refractivity contribution in [3.8, 4) is 0 Å². The predicted octanol–water partition coefficient (Wildman–Crippen LogP) is 1.31. The maximum atomic E-state index is 10.2. The van der Waals surface area contributed by atoms with Crippen molar-refractivity contribution in [1.82, 2.24) is 0 Å². The predicted molar refractivity (Wildman–Crippen MR) is 35.0 cm³/mol. The molecule has 1 aliphatic rings. The maximum absolute atomic E-state index is 10.2. The van der Waals surface area contributed by atoms with Crippen molar-refractivity contribution in [3.05, 3.63) is 0 Å². The number of carbonyl (C=O) groups is 1. The lowest BCUT2D eigenvalue weighted by Crippen LogP contribution is -2.11. The fourth-order valence-electron chi connectivity index (χ4n) is 0.737. The molecule has 0 spiro atoms. The summed E-state index contributed by atoms with van der Waals surface area (Å²) >= 11 is 11.1. The summed E-state index contributed by atoms with van der Waals surface area (Å²) in [6.07, 6.45) is 0.507. The van der Waals surface area contributed by atoms with Gasteiger partial charge in [-0.25, -0.2) is 0 Å². The van der Waals surface area contributed by atoms with Gasteiger partial charge in [-0.05, 0) is 6.42 Å². The van der Waals surface area contributed by atoms with Crippen LogP contribution in [0.15, 0.2) is 0 Å². The van der Waals surface area contributed by atoms with Crippen molar-refractivity contribution < 1.29 is 9.90 Å². The number of halogens is 2. The standard InChI is InChI=1S/C5H6Cl2O2/c6-2-5(7)1-3(5)4(8)9/h3H,1-2H2,(H,8,9). The van der Waals surface area contributed by atoms with E-state index in [9.17, 15) is 4.79 Å². The molecule has 0 amide bonds. The molecule has 0 saturated heterocycles. The van der Waals surface area contributed by atoms with E-state index in [2.05, 4.69) is 0 Å². The first-order valence-electron chi connectivity index (χ1n) is 2.58. The van der Waals surface area contributed by atoms with Crippen LogP contribution in [0.2, 0.25) is 0 Å². The zero-order valence-electron chi connectivity index (χ0n) is 4.60. The highest BCUT2D eigenvalue weighted by Crippen LogP contribution is 2.50. The Hall–Kier alpha value is 0.0500. The normalized spacial score (nSPS) is 40.4. The molecule has 2 atom stereocenters. The van der Waals surface area contributed by atoms with E-state index >= 15 is 0 Å². The summed E-state index contributed by atoms with van der Waals surface area (Å²) in [5, 5.41) is 8.38. The summed E-state index contributed by atoms with van der Waals surface area (Å²) in [7, 11) is 0. The molecule has 9 heavy (non-hydrogen) atoms. The molecule has 2 unspecified atom stereocenters. The van der Waals surface area contributed by atoms with E-state index in [0.29, 0.717) is 6.42 Å². The Labute approximate surface area is 62.8 Å². The Balaban J connectivity index is 2.48. The van der Waals surface area contributed by atoms with E-state index < -0.39 is 16.8 Å². The molecule has 4 heteroatoms. The topological polar surface area (TPSA) is 37.3 Å². The number of carboxylic acid groups (broad SMARTS) is 1.